The molecule has 3 fully saturated rings. The lowest BCUT2D eigenvalue weighted by atomic mass is 9.66. The second-order valence-electron chi connectivity index (χ2n) is 14.0. The predicted molar refractivity (Wildman–Crippen MR) is 202 cm³/mol. The zero-order chi connectivity index (χ0) is 36.3. The molecule has 3 heterocycles. The molecule has 51 heavy (non-hydrogen) atoms. The van der Waals surface area contributed by atoms with Crippen LogP contribution < -0.4 is 14.7 Å². The van der Waals surface area contributed by atoms with Crippen molar-refractivity contribution in [3.05, 3.63) is 116 Å². The molecule has 0 saturated carbocycles. The highest BCUT2D eigenvalue weighted by Crippen LogP contribution is 2.64. The van der Waals surface area contributed by atoms with Crippen molar-refractivity contribution in [2.45, 2.75) is 63.3 Å². The first-order valence-electron chi connectivity index (χ1n) is 18.1. The van der Waals surface area contributed by atoms with Gasteiger partial charge in [-0.1, -0.05) is 60.7 Å². The lowest BCUT2D eigenvalue weighted by molar-refractivity contribution is -0.148. The van der Waals surface area contributed by atoms with Crippen LogP contribution in [0.2, 0.25) is 0 Å². The smallest absolute Gasteiger partial charge is 0.253 e. The van der Waals surface area contributed by atoms with Crippen LogP contribution in [0.15, 0.2) is 110 Å². The fourth-order valence-electron chi connectivity index (χ4n) is 8.81. The van der Waals surface area contributed by atoms with Gasteiger partial charge in [0.25, 0.3) is 5.91 Å². The molecule has 0 radical (unpaired) electrons. The average Bonchev–Trinajstić information content (AvgIpc) is 3.73. The van der Waals surface area contributed by atoms with Crippen LogP contribution in [0.25, 0.3) is 0 Å². The van der Waals surface area contributed by atoms with Gasteiger partial charge in [0, 0.05) is 43.2 Å². The van der Waals surface area contributed by atoms with Gasteiger partial charge in [-0.05, 0) is 82.0 Å². The second-order valence-corrected chi connectivity index (χ2v) is 14.0. The van der Waals surface area contributed by atoms with E-state index >= 15 is 9.59 Å². The van der Waals surface area contributed by atoms with Crippen LogP contribution in [0, 0.1) is 11.8 Å². The molecule has 1 spiro atoms. The first-order chi connectivity index (χ1) is 24.7. The molecule has 0 aromatic heterocycles. The molecule has 3 aromatic carbocycles. The number of carbonyl (C=O) groups excluding carboxylic acids is 3. The van der Waals surface area contributed by atoms with Crippen molar-refractivity contribution in [1.82, 2.24) is 4.90 Å². The number of fused-ring (bicyclic) bond motifs is 1. The average molecular weight is 691 g/mol. The number of hydrogen-bond donors (Lipinski definition) is 1. The van der Waals surface area contributed by atoms with Crippen LogP contribution in [-0.2, 0) is 25.5 Å². The summed E-state index contributed by atoms with van der Waals surface area (Å²) in [5.41, 5.74) is 1.08. The van der Waals surface area contributed by atoms with Gasteiger partial charge in [-0.25, -0.2) is 0 Å². The van der Waals surface area contributed by atoms with Crippen molar-refractivity contribution in [2.24, 2.45) is 11.8 Å². The topological polar surface area (TPSA) is 93.6 Å². The molecular formula is C42H50N4O5. The van der Waals surface area contributed by atoms with Gasteiger partial charge in [0.05, 0.1) is 30.1 Å². The Kier molecular flexibility index (Phi) is 10.5. The molecule has 3 aromatic rings. The maximum Gasteiger partial charge on any atom is 0.253 e. The van der Waals surface area contributed by atoms with Crippen LogP contribution in [0.5, 0.6) is 0 Å². The van der Waals surface area contributed by atoms with Crippen LogP contribution in [0.1, 0.15) is 39.2 Å². The standard InChI is InChI=1S/C42H50N4O5/c1-6-26-44(32-18-14-11-15-19-32)38(48)35-36-39(49)46(34(29-47)28-30-16-12-10-13-17-30)37(42(36)25-24-41(35,5)51-42)40(50)45(27-7-2)33-22-20-31(21-23-33)43(8-3)9-4/h6-7,10-23,34-37,47H,1-2,8-9,24-29H2,3-5H3/t34-,35-,36+,37?,41+,42?/m1/s1. The third-order valence-corrected chi connectivity index (χ3v) is 11.1. The molecule has 1 N–H and O–H groups in total. The van der Waals surface area contributed by atoms with Crippen molar-refractivity contribution in [3.63, 3.8) is 0 Å². The minimum Gasteiger partial charge on any atom is -0.394 e. The molecule has 2 unspecified atom stereocenters. The van der Waals surface area contributed by atoms with E-state index in [1.165, 1.54) is 0 Å². The van der Waals surface area contributed by atoms with E-state index in [0.29, 0.717) is 30.6 Å². The summed E-state index contributed by atoms with van der Waals surface area (Å²) in [7, 11) is 0. The monoisotopic (exact) mass is 690 g/mol. The number of rotatable bonds is 15. The summed E-state index contributed by atoms with van der Waals surface area (Å²) < 4.78 is 6.99. The number of nitrogens with zero attached hydrogens (tertiary/aromatic N) is 4. The molecule has 0 aliphatic carbocycles. The van der Waals surface area contributed by atoms with Crippen LogP contribution in [-0.4, -0.2) is 83.8 Å². The predicted octanol–water partition coefficient (Wildman–Crippen LogP) is 5.64. The summed E-state index contributed by atoms with van der Waals surface area (Å²) in [6.07, 6.45) is 4.61. The summed E-state index contributed by atoms with van der Waals surface area (Å²) in [6, 6.07) is 25.0. The summed E-state index contributed by atoms with van der Waals surface area (Å²) in [5, 5.41) is 10.9. The first-order valence-corrected chi connectivity index (χ1v) is 18.1. The van der Waals surface area contributed by atoms with Crippen molar-refractivity contribution in [2.75, 3.05) is 47.5 Å². The normalized spacial score (nSPS) is 25.3. The van der Waals surface area contributed by atoms with E-state index in [9.17, 15) is 9.90 Å². The maximum absolute atomic E-state index is 15.3. The second kappa shape index (κ2) is 14.9. The molecule has 3 aliphatic heterocycles. The quantitative estimate of drug-likeness (QED) is 0.208. The zero-order valence-electron chi connectivity index (χ0n) is 30.0. The van der Waals surface area contributed by atoms with E-state index in [1.807, 2.05) is 91.9 Å². The Morgan fingerprint density at radius 3 is 1.98 bits per heavy atom. The summed E-state index contributed by atoms with van der Waals surface area (Å²) in [4.78, 5) is 52.3. The van der Waals surface area contributed by atoms with Crippen molar-refractivity contribution in [3.8, 4) is 0 Å². The highest BCUT2D eigenvalue weighted by molar-refractivity contribution is 6.07. The van der Waals surface area contributed by atoms with Crippen molar-refractivity contribution < 1.29 is 24.2 Å². The number of hydrogen-bond acceptors (Lipinski definition) is 6. The van der Waals surface area contributed by atoms with Gasteiger partial charge in [-0.15, -0.1) is 13.2 Å². The number of amides is 3. The lowest BCUT2D eigenvalue weighted by Gasteiger charge is -2.39. The van der Waals surface area contributed by atoms with E-state index in [0.717, 1.165) is 24.3 Å². The summed E-state index contributed by atoms with van der Waals surface area (Å²) in [6.45, 7) is 15.8. The number of aliphatic hydroxyl groups excluding tert-OH is 1. The molecule has 3 aliphatic rings. The van der Waals surface area contributed by atoms with Gasteiger partial charge in [-0.3, -0.25) is 14.4 Å². The molecule has 3 amide bonds. The van der Waals surface area contributed by atoms with E-state index in [4.69, 9.17) is 4.74 Å². The van der Waals surface area contributed by atoms with Gasteiger partial charge in [0.1, 0.15) is 11.6 Å². The third kappa shape index (κ3) is 6.27. The molecule has 9 heteroatoms. The summed E-state index contributed by atoms with van der Waals surface area (Å²) in [5.74, 6) is -2.68. The Bertz CT molecular complexity index is 1730. The highest BCUT2D eigenvalue weighted by atomic mass is 16.5. The van der Waals surface area contributed by atoms with Crippen LogP contribution in [0.4, 0.5) is 17.1 Å². The van der Waals surface area contributed by atoms with E-state index < -0.39 is 35.1 Å². The number of ether oxygens (including phenoxy) is 1. The Balaban J connectivity index is 1.46. The Morgan fingerprint density at radius 1 is 0.863 bits per heavy atom. The maximum atomic E-state index is 15.3. The van der Waals surface area contributed by atoms with Gasteiger partial charge >= 0.3 is 0 Å². The van der Waals surface area contributed by atoms with Crippen molar-refractivity contribution >= 4 is 34.8 Å². The molecule has 268 valence electrons. The molecule has 3 saturated heterocycles. The largest absolute Gasteiger partial charge is 0.394 e. The van der Waals surface area contributed by atoms with E-state index in [2.05, 4.69) is 31.9 Å². The number of aliphatic hydroxyl groups is 1. The van der Waals surface area contributed by atoms with Gasteiger partial charge in [0.2, 0.25) is 11.8 Å². The Hall–Kier alpha value is -4.73. The molecule has 6 atom stereocenters. The number of carbonyl (C=O) groups is 3. The van der Waals surface area contributed by atoms with Crippen molar-refractivity contribution in [1.29, 1.82) is 0 Å². The fraction of sp³-hybridized carbons (Fsp3) is 0.405. The van der Waals surface area contributed by atoms with Gasteiger partial charge < -0.3 is 29.4 Å². The highest BCUT2D eigenvalue weighted by Gasteiger charge is 2.79. The molecule has 6 rings (SSSR count). The number of para-hydroxylation sites is 1. The SMILES string of the molecule is C=CCN(C(=O)C1N([C@@H](CO)Cc2ccccc2)C(=O)[C@@H]2[C@H](C(=O)N(CC=C)c3ccccc3)[C@]3(C)CCC12O3)c1ccc(N(CC)CC)cc1. The minimum atomic E-state index is -1.27. The number of anilines is 3. The molecule has 9 nitrogen and oxygen atoms in total. The molecular weight excluding hydrogens is 640 g/mol. The van der Waals surface area contributed by atoms with Gasteiger partial charge in [-0.2, -0.15) is 0 Å². The van der Waals surface area contributed by atoms with Crippen LogP contribution in [0.3, 0.4) is 0 Å². The Labute approximate surface area is 301 Å². The third-order valence-electron chi connectivity index (χ3n) is 11.1. The van der Waals surface area contributed by atoms with E-state index in [1.54, 1.807) is 26.9 Å². The molecule has 2 bridgehead atoms. The van der Waals surface area contributed by atoms with Crippen LogP contribution >= 0.6 is 0 Å². The number of benzene rings is 3. The summed E-state index contributed by atoms with van der Waals surface area (Å²) >= 11 is 0. The van der Waals surface area contributed by atoms with E-state index in [-0.39, 0.29) is 37.4 Å². The minimum absolute atomic E-state index is 0.200. The Morgan fingerprint density at radius 2 is 1.41 bits per heavy atom. The number of likely N-dealkylation sites (tertiary alicyclic amines) is 1. The van der Waals surface area contributed by atoms with Gasteiger partial charge in [0.15, 0.2) is 0 Å². The first kappa shape index (κ1) is 36.1. The zero-order valence-corrected chi connectivity index (χ0v) is 30.0. The lowest BCUT2D eigenvalue weighted by Crippen LogP contribution is -2.59. The fourth-order valence-corrected chi connectivity index (χ4v) is 8.81.